The number of hydrogen-bond donors (Lipinski definition) is 0. The molecule has 1 aliphatic carbocycles. The Kier molecular flexibility index (Phi) is 3.57. The molecule has 0 spiro atoms. The van der Waals surface area contributed by atoms with Crippen LogP contribution in [0.25, 0.3) is 11.2 Å². The van der Waals surface area contributed by atoms with E-state index in [-0.39, 0.29) is 0 Å². The monoisotopic (exact) mass is 327 g/mol. The van der Waals surface area contributed by atoms with Crippen molar-refractivity contribution in [2.45, 2.75) is 38.1 Å². The number of pyridine rings is 1. The largest absolute Gasteiger partial charge is 0.312 e. The van der Waals surface area contributed by atoms with Gasteiger partial charge in [-0.05, 0) is 40.8 Å². The maximum absolute atomic E-state index is 5.97. The van der Waals surface area contributed by atoms with Crippen LogP contribution in [0.5, 0.6) is 0 Å². The summed E-state index contributed by atoms with van der Waals surface area (Å²) < 4.78 is 3.12. The maximum atomic E-state index is 5.97. The molecule has 1 saturated carbocycles. The summed E-state index contributed by atoms with van der Waals surface area (Å²) in [4.78, 5) is 9.00. The Labute approximate surface area is 120 Å². The van der Waals surface area contributed by atoms with Crippen LogP contribution in [-0.4, -0.2) is 14.5 Å². The fraction of sp³-hybridized carbons (Fsp3) is 0.538. The van der Waals surface area contributed by atoms with E-state index in [2.05, 4.69) is 30.5 Å². The molecule has 18 heavy (non-hydrogen) atoms. The molecule has 0 N–H and O–H groups in total. The number of aromatic nitrogens is 3. The summed E-state index contributed by atoms with van der Waals surface area (Å²) in [6.45, 7) is 0.976. The highest BCUT2D eigenvalue weighted by Gasteiger charge is 2.20. The van der Waals surface area contributed by atoms with E-state index in [0.717, 1.165) is 33.9 Å². The summed E-state index contributed by atoms with van der Waals surface area (Å²) in [5.41, 5.74) is 1.87. The van der Waals surface area contributed by atoms with E-state index < -0.39 is 0 Å². The first kappa shape index (κ1) is 12.4. The highest BCUT2D eigenvalue weighted by molar-refractivity contribution is 9.10. The smallest absolute Gasteiger partial charge is 0.160 e. The number of halogens is 2. The van der Waals surface area contributed by atoms with E-state index in [4.69, 9.17) is 11.6 Å². The molecule has 2 heterocycles. The molecule has 1 aliphatic rings. The topological polar surface area (TPSA) is 30.7 Å². The van der Waals surface area contributed by atoms with Gasteiger partial charge in [0.25, 0.3) is 0 Å². The highest BCUT2D eigenvalue weighted by atomic mass is 79.9. The number of aryl methyl sites for hydroxylation is 1. The van der Waals surface area contributed by atoms with Gasteiger partial charge in [-0.2, -0.15) is 0 Å². The summed E-state index contributed by atoms with van der Waals surface area (Å²) in [6, 6.07) is 2.00. The van der Waals surface area contributed by atoms with Crippen LogP contribution in [0.4, 0.5) is 0 Å². The van der Waals surface area contributed by atoms with Crippen LogP contribution >= 0.6 is 27.5 Å². The zero-order chi connectivity index (χ0) is 12.5. The van der Waals surface area contributed by atoms with Crippen LogP contribution in [-0.2, 0) is 12.4 Å². The van der Waals surface area contributed by atoms with E-state index in [1.54, 1.807) is 0 Å². The van der Waals surface area contributed by atoms with Crippen molar-refractivity contribution in [3.63, 3.8) is 0 Å². The van der Waals surface area contributed by atoms with Crippen LogP contribution in [0.1, 0.15) is 31.5 Å². The molecular formula is C13H15BrClN3. The molecule has 5 heteroatoms. The minimum absolute atomic E-state index is 0.442. The van der Waals surface area contributed by atoms with Crippen molar-refractivity contribution < 1.29 is 0 Å². The Balaban J connectivity index is 1.86. The van der Waals surface area contributed by atoms with Gasteiger partial charge in [0.05, 0.1) is 5.88 Å². The number of nitrogens with zero attached hydrogens (tertiary/aromatic N) is 3. The minimum atomic E-state index is 0.442. The van der Waals surface area contributed by atoms with Crippen LogP contribution in [0.15, 0.2) is 16.7 Å². The summed E-state index contributed by atoms with van der Waals surface area (Å²) in [5, 5.41) is 0. The van der Waals surface area contributed by atoms with Gasteiger partial charge >= 0.3 is 0 Å². The lowest BCUT2D eigenvalue weighted by atomic mass is 10.2. The lowest BCUT2D eigenvalue weighted by molar-refractivity contribution is 0.573. The van der Waals surface area contributed by atoms with E-state index in [9.17, 15) is 0 Å². The molecule has 0 saturated heterocycles. The Morgan fingerprint density at radius 2 is 2.28 bits per heavy atom. The number of alkyl halides is 1. The molecule has 0 aliphatic heterocycles. The van der Waals surface area contributed by atoms with Crippen LogP contribution < -0.4 is 0 Å². The second-order valence-corrected chi connectivity index (χ2v) is 6.08. The molecule has 0 atom stereocenters. The van der Waals surface area contributed by atoms with Gasteiger partial charge < -0.3 is 4.57 Å². The van der Waals surface area contributed by atoms with E-state index in [0.29, 0.717) is 5.88 Å². The molecule has 0 radical (unpaired) electrons. The quantitative estimate of drug-likeness (QED) is 0.773. The van der Waals surface area contributed by atoms with Crippen molar-refractivity contribution >= 4 is 38.7 Å². The average molecular weight is 329 g/mol. The number of imidazole rings is 1. The molecule has 0 unspecified atom stereocenters. The molecule has 96 valence electrons. The van der Waals surface area contributed by atoms with Gasteiger partial charge in [-0.3, -0.25) is 0 Å². The van der Waals surface area contributed by atoms with Crippen molar-refractivity contribution in [1.29, 1.82) is 0 Å². The van der Waals surface area contributed by atoms with E-state index >= 15 is 0 Å². The first-order valence-electron chi connectivity index (χ1n) is 6.34. The number of hydrogen-bond acceptors (Lipinski definition) is 2. The van der Waals surface area contributed by atoms with Crippen molar-refractivity contribution in [3.8, 4) is 0 Å². The summed E-state index contributed by atoms with van der Waals surface area (Å²) in [7, 11) is 0. The molecule has 2 aromatic rings. The lowest BCUT2D eigenvalue weighted by Crippen LogP contribution is -2.03. The van der Waals surface area contributed by atoms with Crippen LogP contribution in [0.3, 0.4) is 0 Å². The number of rotatable bonds is 5. The lowest BCUT2D eigenvalue weighted by Gasteiger charge is -2.06. The van der Waals surface area contributed by atoms with Gasteiger partial charge in [0.2, 0.25) is 0 Å². The third kappa shape index (κ3) is 2.54. The Hall–Kier alpha value is -0.610. The molecular weight excluding hydrogens is 314 g/mol. The van der Waals surface area contributed by atoms with Gasteiger partial charge in [-0.25, -0.2) is 9.97 Å². The second kappa shape index (κ2) is 5.17. The SMILES string of the molecule is ClCc1nc2cc(Br)cnc2n1CCCC1CC1. The average Bonchev–Trinajstić information content (AvgIpc) is 3.11. The standard InChI is InChI=1S/C13H15BrClN3/c14-10-6-11-13(16-8-10)18(12(7-15)17-11)5-1-2-9-3-4-9/h6,8-9H,1-5,7H2. The van der Waals surface area contributed by atoms with Crippen molar-refractivity contribution in [1.82, 2.24) is 14.5 Å². The maximum Gasteiger partial charge on any atom is 0.160 e. The molecule has 3 nitrogen and oxygen atoms in total. The Morgan fingerprint density at radius 3 is 3.00 bits per heavy atom. The number of fused-ring (bicyclic) bond motifs is 1. The summed E-state index contributed by atoms with van der Waals surface area (Å²) in [6.07, 6.45) is 7.16. The Morgan fingerprint density at radius 1 is 1.44 bits per heavy atom. The van der Waals surface area contributed by atoms with Gasteiger partial charge in [0, 0.05) is 17.2 Å². The van der Waals surface area contributed by atoms with E-state index in [1.165, 1.54) is 25.7 Å². The second-order valence-electron chi connectivity index (χ2n) is 4.90. The Bertz CT molecular complexity index is 563. The van der Waals surface area contributed by atoms with Crippen molar-refractivity contribution in [2.24, 2.45) is 5.92 Å². The molecule has 3 rings (SSSR count). The molecule has 0 bridgehead atoms. The molecule has 0 aromatic carbocycles. The van der Waals surface area contributed by atoms with Crippen LogP contribution in [0.2, 0.25) is 0 Å². The fourth-order valence-corrected chi connectivity index (χ4v) is 2.84. The van der Waals surface area contributed by atoms with E-state index in [1.807, 2.05) is 12.3 Å². The summed E-state index contributed by atoms with van der Waals surface area (Å²) in [5.74, 6) is 2.34. The van der Waals surface area contributed by atoms with Gasteiger partial charge in [0.1, 0.15) is 11.3 Å². The zero-order valence-corrected chi connectivity index (χ0v) is 12.4. The third-order valence-electron chi connectivity index (χ3n) is 3.44. The van der Waals surface area contributed by atoms with Crippen LogP contribution in [0, 0.1) is 5.92 Å². The first-order valence-corrected chi connectivity index (χ1v) is 7.67. The molecule has 2 aromatic heterocycles. The van der Waals surface area contributed by atoms with Crippen molar-refractivity contribution in [2.75, 3.05) is 0 Å². The molecule has 1 fully saturated rings. The molecule has 0 amide bonds. The minimum Gasteiger partial charge on any atom is -0.312 e. The first-order chi connectivity index (χ1) is 8.78. The predicted molar refractivity (Wildman–Crippen MR) is 76.7 cm³/mol. The van der Waals surface area contributed by atoms with Crippen molar-refractivity contribution in [3.05, 3.63) is 22.6 Å². The van der Waals surface area contributed by atoms with Gasteiger partial charge in [0.15, 0.2) is 5.65 Å². The zero-order valence-electron chi connectivity index (χ0n) is 10.1. The van der Waals surface area contributed by atoms with Gasteiger partial charge in [-0.1, -0.05) is 12.8 Å². The van der Waals surface area contributed by atoms with Gasteiger partial charge in [-0.15, -0.1) is 11.6 Å². The third-order valence-corrected chi connectivity index (χ3v) is 4.11. The summed E-state index contributed by atoms with van der Waals surface area (Å²) >= 11 is 9.40. The fourth-order valence-electron chi connectivity index (χ4n) is 2.31. The normalized spacial score (nSPS) is 15.4. The predicted octanol–water partition coefficient (Wildman–Crippen LogP) is 4.12. The highest BCUT2D eigenvalue weighted by Crippen LogP contribution is 2.33.